The zero-order chi connectivity index (χ0) is 19.4. The fourth-order valence-corrected chi connectivity index (χ4v) is 3.41. The first kappa shape index (κ1) is 22.5. The Bertz CT molecular complexity index is 564. The van der Waals surface area contributed by atoms with E-state index < -0.39 is 52.5 Å². The molecule has 1 rings (SSSR count). The van der Waals surface area contributed by atoms with Crippen LogP contribution in [0.15, 0.2) is 5.16 Å². The summed E-state index contributed by atoms with van der Waals surface area (Å²) in [5, 5.41) is 51.8. The number of hydrogen-bond acceptors (Lipinski definition) is 11. The average Bonchev–Trinajstić information content (AvgIpc) is 2.52. The Morgan fingerprint density at radius 3 is 2.36 bits per heavy atom. The van der Waals surface area contributed by atoms with E-state index in [2.05, 4.69) is 9.44 Å². The molecule has 148 valence electrons. The van der Waals surface area contributed by atoms with Crippen molar-refractivity contribution in [2.24, 2.45) is 5.16 Å². The predicted molar refractivity (Wildman–Crippen MR) is 87.0 cm³/mol. The molecule has 1 saturated heterocycles. The van der Waals surface area contributed by atoms with Crippen LogP contribution in [0.2, 0.25) is 0 Å². The molecule has 0 radical (unpaired) electrons. The third-order valence-electron chi connectivity index (χ3n) is 3.63. The third kappa shape index (κ3) is 6.96. The van der Waals surface area contributed by atoms with Gasteiger partial charge in [-0.3, -0.25) is 4.55 Å². The van der Waals surface area contributed by atoms with E-state index in [0.717, 1.165) is 0 Å². The Morgan fingerprint density at radius 2 is 1.88 bits per heavy atom. The highest BCUT2D eigenvalue weighted by molar-refractivity contribution is 8.14. The highest BCUT2D eigenvalue weighted by Crippen LogP contribution is 2.32. The Hall–Kier alpha value is -0.510. The predicted octanol–water partition coefficient (Wildman–Crippen LogP) is -1.80. The van der Waals surface area contributed by atoms with Crippen molar-refractivity contribution >= 4 is 27.2 Å². The molecule has 1 aliphatic rings. The van der Waals surface area contributed by atoms with Crippen LogP contribution in [-0.2, 0) is 19.4 Å². The fourth-order valence-electron chi connectivity index (χ4n) is 1.93. The molecule has 0 unspecified atom stereocenters. The quantitative estimate of drug-likeness (QED) is 0.121. The molecule has 0 saturated carbocycles. The van der Waals surface area contributed by atoms with Crippen LogP contribution in [0.5, 0.6) is 0 Å². The van der Waals surface area contributed by atoms with Crippen molar-refractivity contribution in [3.05, 3.63) is 0 Å². The van der Waals surface area contributed by atoms with Gasteiger partial charge in [-0.05, 0) is 13.3 Å². The van der Waals surface area contributed by atoms with Crippen LogP contribution in [0.4, 0.5) is 0 Å². The molecule has 0 aliphatic carbocycles. The first-order chi connectivity index (χ1) is 11.4. The molecule has 1 aliphatic heterocycles. The lowest BCUT2D eigenvalue weighted by atomic mass is 10.0. The van der Waals surface area contributed by atoms with E-state index >= 15 is 0 Å². The van der Waals surface area contributed by atoms with Gasteiger partial charge in [-0.25, -0.2) is 4.28 Å². The molecule has 6 atom stereocenters. The van der Waals surface area contributed by atoms with Crippen LogP contribution in [-0.4, -0.2) is 85.6 Å². The van der Waals surface area contributed by atoms with Crippen LogP contribution >= 0.6 is 11.8 Å². The van der Waals surface area contributed by atoms with Gasteiger partial charge in [0.05, 0.1) is 12.2 Å². The van der Waals surface area contributed by atoms with Crippen molar-refractivity contribution in [2.45, 2.75) is 62.1 Å². The van der Waals surface area contributed by atoms with Crippen molar-refractivity contribution in [2.75, 3.05) is 6.61 Å². The number of oxime groups is 1. The summed E-state index contributed by atoms with van der Waals surface area (Å²) < 4.78 is 39.2. The smallest absolute Gasteiger partial charge is 0.394 e. The Balaban J connectivity index is 2.99. The zero-order valence-corrected chi connectivity index (χ0v) is 15.2. The molecular weight excluding hydrogens is 382 g/mol. The normalized spacial score (nSPS) is 33.8. The summed E-state index contributed by atoms with van der Waals surface area (Å²) in [6.07, 6.45) is -5.87. The summed E-state index contributed by atoms with van der Waals surface area (Å²) >= 11 is 0.617. The fraction of sp³-hybridized carbons (Fsp3) is 0.917. The summed E-state index contributed by atoms with van der Waals surface area (Å²) in [7, 11) is -4.89. The van der Waals surface area contributed by atoms with Gasteiger partial charge in [0.1, 0.15) is 34.9 Å². The van der Waals surface area contributed by atoms with Gasteiger partial charge in [0.25, 0.3) is 0 Å². The maximum absolute atomic E-state index is 10.7. The van der Waals surface area contributed by atoms with Gasteiger partial charge in [-0.15, -0.1) is 0 Å². The molecule has 0 bridgehead atoms. The van der Waals surface area contributed by atoms with E-state index in [1.54, 1.807) is 6.92 Å². The molecule has 11 nitrogen and oxygen atoms in total. The minimum atomic E-state index is -4.89. The summed E-state index contributed by atoms with van der Waals surface area (Å²) in [5.74, 6) is 0. The van der Waals surface area contributed by atoms with Crippen molar-refractivity contribution in [3.63, 3.8) is 0 Å². The molecule has 0 aromatic carbocycles. The molecule has 0 aromatic heterocycles. The molecule has 0 aromatic rings. The van der Waals surface area contributed by atoms with Crippen molar-refractivity contribution in [3.8, 4) is 0 Å². The number of thioether (sulfide) groups is 1. The number of hydrogen-bond donors (Lipinski definition) is 6. The summed E-state index contributed by atoms with van der Waals surface area (Å²) in [5.41, 5.74) is -2.55. The maximum Gasteiger partial charge on any atom is 0.466 e. The maximum atomic E-state index is 10.7. The van der Waals surface area contributed by atoms with E-state index in [1.165, 1.54) is 6.92 Å². The summed E-state index contributed by atoms with van der Waals surface area (Å²) in [4.78, 5) is 0. The lowest BCUT2D eigenvalue weighted by Gasteiger charge is -2.39. The average molecular weight is 405 g/mol. The Kier molecular flexibility index (Phi) is 8.04. The Morgan fingerprint density at radius 1 is 1.28 bits per heavy atom. The molecule has 13 heteroatoms. The number of ether oxygens (including phenoxy) is 1. The molecule has 6 N–H and O–H groups in total. The molecular formula is C12H23NO10S2. The zero-order valence-electron chi connectivity index (χ0n) is 13.6. The monoisotopic (exact) mass is 405 g/mol. The molecule has 1 heterocycles. The van der Waals surface area contributed by atoms with E-state index in [-0.39, 0.29) is 17.9 Å². The first-order valence-corrected chi connectivity index (χ1v) is 9.57. The minimum absolute atomic E-state index is 0.159. The van der Waals surface area contributed by atoms with Gasteiger partial charge in [0.15, 0.2) is 0 Å². The number of aliphatic hydroxyl groups excluding tert-OH is 4. The van der Waals surface area contributed by atoms with E-state index in [9.17, 15) is 28.8 Å². The highest BCUT2D eigenvalue weighted by atomic mass is 32.3. The number of aliphatic hydroxyl groups is 5. The molecule has 0 spiro atoms. The number of nitrogens with zero attached hydrogens (tertiary/aromatic N) is 1. The lowest BCUT2D eigenvalue weighted by Crippen LogP contribution is -2.57. The second kappa shape index (κ2) is 8.92. The largest absolute Gasteiger partial charge is 0.466 e. The lowest BCUT2D eigenvalue weighted by molar-refractivity contribution is -0.205. The van der Waals surface area contributed by atoms with Crippen LogP contribution in [0.25, 0.3) is 0 Å². The van der Waals surface area contributed by atoms with Gasteiger partial charge < -0.3 is 30.3 Å². The van der Waals surface area contributed by atoms with Crippen molar-refractivity contribution in [1.29, 1.82) is 0 Å². The molecule has 1 fully saturated rings. The van der Waals surface area contributed by atoms with E-state index in [0.29, 0.717) is 11.8 Å². The van der Waals surface area contributed by atoms with Gasteiger partial charge in [-0.1, -0.05) is 23.8 Å². The van der Waals surface area contributed by atoms with Gasteiger partial charge in [0, 0.05) is 6.42 Å². The third-order valence-corrected chi connectivity index (χ3v) is 5.00. The van der Waals surface area contributed by atoms with E-state index in [4.69, 9.17) is 14.4 Å². The SMILES string of the molecule is CC[C@](C)(O)C/C(=N/OS(=O)(=O)O)S[C@@H]1O[C@H](CO)[C@@H](O)[C@H](O)[C@H]1O. The Labute approximate surface area is 149 Å². The van der Waals surface area contributed by atoms with Gasteiger partial charge >= 0.3 is 10.4 Å². The number of rotatable bonds is 7. The second-order valence-electron chi connectivity index (χ2n) is 5.83. The highest BCUT2D eigenvalue weighted by Gasteiger charge is 2.44. The van der Waals surface area contributed by atoms with Crippen molar-refractivity contribution in [1.82, 2.24) is 0 Å². The van der Waals surface area contributed by atoms with Crippen LogP contribution < -0.4 is 0 Å². The van der Waals surface area contributed by atoms with Gasteiger partial charge in [0.2, 0.25) is 0 Å². The first-order valence-electron chi connectivity index (χ1n) is 7.32. The van der Waals surface area contributed by atoms with Crippen LogP contribution in [0, 0.1) is 0 Å². The summed E-state index contributed by atoms with van der Waals surface area (Å²) in [6, 6.07) is 0. The minimum Gasteiger partial charge on any atom is -0.394 e. The van der Waals surface area contributed by atoms with Crippen molar-refractivity contribution < 1.29 is 47.5 Å². The molecule has 0 amide bonds. The summed E-state index contributed by atoms with van der Waals surface area (Å²) in [6.45, 7) is 2.48. The van der Waals surface area contributed by atoms with Gasteiger partial charge in [-0.2, -0.15) is 8.42 Å². The van der Waals surface area contributed by atoms with Crippen LogP contribution in [0.3, 0.4) is 0 Å². The second-order valence-corrected chi connectivity index (χ2v) is 8.01. The van der Waals surface area contributed by atoms with E-state index in [1.807, 2.05) is 0 Å². The molecule has 25 heavy (non-hydrogen) atoms. The standard InChI is InChI=1S/C12H23NO10S2/c1-3-12(2,18)4-7(13-23-25(19,20)21)24-11-10(17)9(16)8(15)6(5-14)22-11/h6,8-11,14-18H,3-5H2,1-2H3,(H,19,20,21)/b13-7-/t6-,8-,9+,10-,11+,12+/m1/s1. The topological polar surface area (TPSA) is 186 Å². The van der Waals surface area contributed by atoms with Crippen LogP contribution in [0.1, 0.15) is 26.7 Å².